The summed E-state index contributed by atoms with van der Waals surface area (Å²) >= 11 is 6.25. The van der Waals surface area contributed by atoms with E-state index in [1.54, 1.807) is 36.4 Å². The highest BCUT2D eigenvalue weighted by atomic mass is 35.5. The van der Waals surface area contributed by atoms with Crippen molar-refractivity contribution < 1.29 is 14.4 Å². The number of rotatable bonds is 5. The number of carbonyl (C=O) groups excluding carboxylic acids is 3. The molecule has 6 nitrogen and oxygen atoms in total. The Hall–Kier alpha value is -3.12. The van der Waals surface area contributed by atoms with Crippen LogP contribution in [-0.2, 0) is 9.59 Å². The number of halogens is 1. The minimum absolute atomic E-state index is 0.000615. The molecule has 1 fully saturated rings. The van der Waals surface area contributed by atoms with Crippen molar-refractivity contribution in [2.45, 2.75) is 52.0 Å². The summed E-state index contributed by atoms with van der Waals surface area (Å²) in [5.74, 6) is -1.25. The smallest absolute Gasteiger partial charge is 0.283 e. The molecule has 0 unspecified atom stereocenters. The first-order valence-electron chi connectivity index (χ1n) is 10.9. The Labute approximate surface area is 192 Å². The van der Waals surface area contributed by atoms with E-state index in [4.69, 9.17) is 11.6 Å². The van der Waals surface area contributed by atoms with Gasteiger partial charge in [-0.1, -0.05) is 43.0 Å². The molecule has 0 bridgehead atoms. The molecule has 2 aliphatic rings. The van der Waals surface area contributed by atoms with E-state index in [1.165, 1.54) is 6.42 Å². The van der Waals surface area contributed by atoms with Gasteiger partial charge in [-0.15, -0.1) is 0 Å². The zero-order valence-electron chi connectivity index (χ0n) is 18.2. The average Bonchev–Trinajstić information content (AvgIpc) is 2.97. The minimum Gasteiger partial charge on any atom is -0.350 e. The molecule has 32 heavy (non-hydrogen) atoms. The van der Waals surface area contributed by atoms with Crippen LogP contribution in [-0.4, -0.2) is 23.8 Å². The Bertz CT molecular complexity index is 1100. The lowest BCUT2D eigenvalue weighted by Gasteiger charge is -2.22. The van der Waals surface area contributed by atoms with Crippen molar-refractivity contribution in [3.05, 3.63) is 69.9 Å². The van der Waals surface area contributed by atoms with E-state index in [-0.39, 0.29) is 22.7 Å². The van der Waals surface area contributed by atoms with E-state index < -0.39 is 11.8 Å². The maximum Gasteiger partial charge on any atom is 0.283 e. The first-order valence-corrected chi connectivity index (χ1v) is 11.3. The summed E-state index contributed by atoms with van der Waals surface area (Å²) in [6.45, 7) is 3.80. The molecular weight excluding hydrogens is 426 g/mol. The number of nitrogens with zero attached hydrogens (tertiary/aromatic N) is 1. The standard InChI is InChI=1S/C25H26ClN3O3/c1-15-11-16(2)13-20(12-15)29-24(31)21(26)22(25(29)32)27-19-10-6-7-17(14-19)23(30)28-18-8-4-3-5-9-18/h6-7,10-14,18,27H,3-5,8-9H2,1-2H3,(H,28,30). The third kappa shape index (κ3) is 4.55. The third-order valence-electron chi connectivity index (χ3n) is 5.83. The number of imide groups is 1. The molecule has 2 aromatic rings. The number of benzene rings is 2. The monoisotopic (exact) mass is 451 g/mol. The van der Waals surface area contributed by atoms with E-state index in [1.807, 2.05) is 19.9 Å². The van der Waals surface area contributed by atoms with E-state index >= 15 is 0 Å². The van der Waals surface area contributed by atoms with Crippen molar-refractivity contribution in [2.75, 3.05) is 10.2 Å². The molecule has 1 saturated carbocycles. The minimum atomic E-state index is -0.574. The normalized spacial score (nSPS) is 17.2. The third-order valence-corrected chi connectivity index (χ3v) is 6.18. The molecule has 2 N–H and O–H groups in total. The number of hydrogen-bond donors (Lipinski definition) is 2. The van der Waals surface area contributed by atoms with Gasteiger partial charge < -0.3 is 10.6 Å². The predicted molar refractivity (Wildman–Crippen MR) is 126 cm³/mol. The number of nitrogens with one attached hydrogen (secondary N) is 2. The van der Waals surface area contributed by atoms with E-state index in [0.717, 1.165) is 41.7 Å². The predicted octanol–water partition coefficient (Wildman–Crippen LogP) is 4.80. The Morgan fingerprint density at radius 2 is 1.66 bits per heavy atom. The Morgan fingerprint density at radius 3 is 2.34 bits per heavy atom. The second kappa shape index (κ2) is 9.17. The molecule has 4 rings (SSSR count). The zero-order valence-corrected chi connectivity index (χ0v) is 19.0. The van der Waals surface area contributed by atoms with Crippen molar-refractivity contribution >= 4 is 40.7 Å². The summed E-state index contributed by atoms with van der Waals surface area (Å²) in [5, 5.41) is 5.87. The lowest BCUT2D eigenvalue weighted by molar-refractivity contribution is -0.120. The highest BCUT2D eigenvalue weighted by molar-refractivity contribution is 6.53. The molecule has 3 amide bonds. The van der Waals surface area contributed by atoms with Crippen LogP contribution < -0.4 is 15.5 Å². The fourth-order valence-corrected chi connectivity index (χ4v) is 4.54. The fraction of sp³-hybridized carbons (Fsp3) is 0.320. The van der Waals surface area contributed by atoms with Gasteiger partial charge in [-0.25, -0.2) is 4.90 Å². The summed E-state index contributed by atoms with van der Waals surface area (Å²) < 4.78 is 0. The highest BCUT2D eigenvalue weighted by Crippen LogP contribution is 2.31. The van der Waals surface area contributed by atoms with E-state index in [0.29, 0.717) is 16.9 Å². The topological polar surface area (TPSA) is 78.5 Å². The lowest BCUT2D eigenvalue weighted by Crippen LogP contribution is -2.36. The van der Waals surface area contributed by atoms with Gasteiger partial charge in [0.2, 0.25) is 0 Å². The summed E-state index contributed by atoms with van der Waals surface area (Å²) in [6, 6.07) is 12.5. The van der Waals surface area contributed by atoms with Crippen LogP contribution in [0.25, 0.3) is 0 Å². The van der Waals surface area contributed by atoms with Crippen molar-refractivity contribution in [1.82, 2.24) is 5.32 Å². The van der Waals surface area contributed by atoms with E-state index in [9.17, 15) is 14.4 Å². The van der Waals surface area contributed by atoms with Crippen molar-refractivity contribution in [2.24, 2.45) is 0 Å². The van der Waals surface area contributed by atoms with Gasteiger partial charge in [0.15, 0.2) is 0 Å². The highest BCUT2D eigenvalue weighted by Gasteiger charge is 2.39. The van der Waals surface area contributed by atoms with Gasteiger partial charge in [0, 0.05) is 17.3 Å². The lowest BCUT2D eigenvalue weighted by atomic mass is 9.95. The molecule has 0 aromatic heterocycles. The molecule has 0 saturated heterocycles. The molecule has 0 spiro atoms. The van der Waals surface area contributed by atoms with Gasteiger partial charge in [-0.2, -0.15) is 0 Å². The molecule has 0 atom stereocenters. The van der Waals surface area contributed by atoms with Gasteiger partial charge in [0.1, 0.15) is 10.7 Å². The number of carbonyl (C=O) groups is 3. The number of anilines is 2. The van der Waals surface area contributed by atoms with Crippen LogP contribution in [0.4, 0.5) is 11.4 Å². The molecule has 2 aromatic carbocycles. The first-order chi connectivity index (χ1) is 15.3. The van der Waals surface area contributed by atoms with Crippen LogP contribution in [0.2, 0.25) is 0 Å². The molecule has 7 heteroatoms. The van der Waals surface area contributed by atoms with Gasteiger partial charge in [0.25, 0.3) is 17.7 Å². The fourth-order valence-electron chi connectivity index (χ4n) is 4.32. The Balaban J connectivity index is 1.52. The number of hydrogen-bond acceptors (Lipinski definition) is 4. The van der Waals surface area contributed by atoms with Crippen LogP contribution >= 0.6 is 11.6 Å². The molecule has 1 aliphatic heterocycles. The van der Waals surface area contributed by atoms with Gasteiger partial charge in [-0.3, -0.25) is 14.4 Å². The van der Waals surface area contributed by atoms with Crippen LogP contribution in [0, 0.1) is 13.8 Å². The van der Waals surface area contributed by atoms with Crippen LogP contribution in [0.1, 0.15) is 53.6 Å². The van der Waals surface area contributed by atoms with Crippen LogP contribution in [0.5, 0.6) is 0 Å². The van der Waals surface area contributed by atoms with E-state index in [2.05, 4.69) is 10.6 Å². The maximum absolute atomic E-state index is 13.1. The van der Waals surface area contributed by atoms with Crippen molar-refractivity contribution in [1.29, 1.82) is 0 Å². The summed E-state index contributed by atoms with van der Waals surface area (Å²) in [5.41, 5.74) is 3.36. The molecule has 1 aliphatic carbocycles. The van der Waals surface area contributed by atoms with Crippen molar-refractivity contribution in [3.63, 3.8) is 0 Å². The summed E-state index contributed by atoms with van der Waals surface area (Å²) in [7, 11) is 0. The van der Waals surface area contributed by atoms with Gasteiger partial charge in [0.05, 0.1) is 5.69 Å². The van der Waals surface area contributed by atoms with Gasteiger partial charge in [-0.05, 0) is 68.1 Å². The largest absolute Gasteiger partial charge is 0.350 e. The van der Waals surface area contributed by atoms with Crippen LogP contribution in [0.15, 0.2) is 53.2 Å². The number of amides is 3. The summed E-state index contributed by atoms with van der Waals surface area (Å²) in [6.07, 6.45) is 5.47. The Morgan fingerprint density at radius 1 is 0.969 bits per heavy atom. The second-order valence-corrected chi connectivity index (χ2v) is 8.87. The maximum atomic E-state index is 13.1. The van der Waals surface area contributed by atoms with Crippen LogP contribution in [0.3, 0.4) is 0 Å². The van der Waals surface area contributed by atoms with Gasteiger partial charge >= 0.3 is 0 Å². The first kappa shape index (κ1) is 22.1. The molecular formula is C25H26ClN3O3. The molecule has 1 heterocycles. The van der Waals surface area contributed by atoms with Crippen molar-refractivity contribution in [3.8, 4) is 0 Å². The average molecular weight is 452 g/mol. The Kier molecular flexibility index (Phi) is 6.33. The molecule has 0 radical (unpaired) electrons. The zero-order chi connectivity index (χ0) is 22.8. The SMILES string of the molecule is Cc1cc(C)cc(N2C(=O)C(Cl)=C(Nc3cccc(C(=O)NC4CCCCC4)c3)C2=O)c1. The molecule has 166 valence electrons. The number of aryl methyl sites for hydroxylation is 2. The quantitative estimate of drug-likeness (QED) is 0.640. The summed E-state index contributed by atoms with van der Waals surface area (Å²) in [4.78, 5) is 39.6. The second-order valence-electron chi connectivity index (χ2n) is 8.49.